The summed E-state index contributed by atoms with van der Waals surface area (Å²) in [6.07, 6.45) is 0. The zero-order valence-electron chi connectivity index (χ0n) is 41.6. The first kappa shape index (κ1) is 43.0. The van der Waals surface area contributed by atoms with Crippen molar-refractivity contribution in [1.29, 1.82) is 0 Å². The number of para-hydroxylation sites is 3. The maximum atomic E-state index is 5.46. The van der Waals surface area contributed by atoms with Crippen molar-refractivity contribution in [2.24, 2.45) is 0 Å². The molecule has 4 heterocycles. The highest BCUT2D eigenvalue weighted by atomic mass is 15.2. The van der Waals surface area contributed by atoms with E-state index in [1.54, 1.807) is 0 Å². The highest BCUT2D eigenvalue weighted by molar-refractivity contribution is 6.29. The first-order valence-corrected chi connectivity index (χ1v) is 26.2. The van der Waals surface area contributed by atoms with Crippen molar-refractivity contribution in [3.8, 4) is 62.4 Å². The Balaban J connectivity index is 0.947. The lowest BCUT2D eigenvalue weighted by atomic mass is 9.98. The minimum Gasteiger partial charge on any atom is -0.309 e. The second-order valence-corrected chi connectivity index (χ2v) is 19.9. The highest BCUT2D eigenvalue weighted by Gasteiger charge is 2.24. The van der Waals surface area contributed by atoms with Gasteiger partial charge in [-0.2, -0.15) is 9.97 Å². The van der Waals surface area contributed by atoms with Gasteiger partial charge in [0.1, 0.15) is 0 Å². The molecule has 0 bridgehead atoms. The maximum absolute atomic E-state index is 5.46. The lowest BCUT2D eigenvalue weighted by molar-refractivity contribution is 0.954. The summed E-state index contributed by atoms with van der Waals surface area (Å²) in [4.78, 5) is 16.3. The van der Waals surface area contributed by atoms with Crippen LogP contribution in [-0.4, -0.2) is 28.7 Å². The summed E-state index contributed by atoms with van der Waals surface area (Å²) in [5, 5.41) is 11.5. The van der Waals surface area contributed by atoms with E-state index in [-0.39, 0.29) is 0 Å². The van der Waals surface area contributed by atoms with E-state index in [2.05, 4.69) is 281 Å². The summed E-state index contributed by atoms with van der Waals surface area (Å²) in [6, 6.07) is 96.0. The van der Waals surface area contributed by atoms with E-state index in [1.807, 2.05) is 0 Å². The van der Waals surface area contributed by atoms with Crippen LogP contribution in [0.2, 0.25) is 0 Å². The van der Waals surface area contributed by atoms with E-state index in [0.717, 1.165) is 87.9 Å². The fraction of sp³-hybridized carbons (Fsp3) is 0. The molecule has 12 aromatic carbocycles. The number of hydrogen-bond donors (Lipinski definition) is 0. The van der Waals surface area contributed by atoms with E-state index >= 15 is 0 Å². The molecule has 6 heteroatoms. The first-order valence-electron chi connectivity index (χ1n) is 26.2. The molecule has 16 rings (SSSR count). The third-order valence-corrected chi connectivity index (χ3v) is 15.7. The summed E-state index contributed by atoms with van der Waals surface area (Å²) in [6.45, 7) is 0. The number of benzene rings is 12. The molecule has 0 unspecified atom stereocenters. The lowest BCUT2D eigenvalue weighted by Gasteiger charge is -2.14. The van der Waals surface area contributed by atoms with E-state index in [0.29, 0.717) is 17.6 Å². The standard InChI is InChI=1S/C71H44N6/c1-3-19-45(20-4-1)49-41-50(46-21-5-2-6-22-46)43-52(42-49)76-63-36-16-13-31-60(63)68-65(76)40-39-64-67(68)59-30-12-15-35-62(59)75(64)51-37-38-56-55-29-11-14-34-61(55)77(66(56)44-51)71-73-69(57-32-17-25-47-23-7-9-27-53(47)57)72-70(74-71)58-33-18-26-48-24-8-10-28-54(48)58/h1-44H. The Morgan fingerprint density at radius 1 is 0.234 bits per heavy atom. The molecule has 4 aromatic heterocycles. The molecule has 16 aromatic rings. The van der Waals surface area contributed by atoms with E-state index in [1.165, 1.54) is 43.8 Å². The van der Waals surface area contributed by atoms with Crippen LogP contribution in [-0.2, 0) is 0 Å². The van der Waals surface area contributed by atoms with Crippen LogP contribution in [0, 0.1) is 0 Å². The van der Waals surface area contributed by atoms with Crippen molar-refractivity contribution in [2.45, 2.75) is 0 Å². The summed E-state index contributed by atoms with van der Waals surface area (Å²) >= 11 is 0. The summed E-state index contributed by atoms with van der Waals surface area (Å²) in [5.41, 5.74) is 15.3. The Morgan fingerprint density at radius 2 is 0.662 bits per heavy atom. The van der Waals surface area contributed by atoms with Gasteiger partial charge in [0.25, 0.3) is 0 Å². The number of aromatic nitrogens is 6. The van der Waals surface area contributed by atoms with Gasteiger partial charge >= 0.3 is 0 Å². The van der Waals surface area contributed by atoms with Crippen LogP contribution in [0.4, 0.5) is 0 Å². The van der Waals surface area contributed by atoms with Crippen molar-refractivity contribution < 1.29 is 0 Å². The molecule has 0 saturated carbocycles. The Hall–Kier alpha value is -10.4. The molecular formula is C71H44N6. The maximum Gasteiger partial charge on any atom is 0.238 e. The highest BCUT2D eigenvalue weighted by Crippen LogP contribution is 2.44. The Bertz CT molecular complexity index is 4880. The monoisotopic (exact) mass is 980 g/mol. The van der Waals surface area contributed by atoms with Gasteiger partial charge in [0, 0.05) is 54.8 Å². The van der Waals surface area contributed by atoms with Gasteiger partial charge in [-0.15, -0.1) is 0 Å². The SMILES string of the molecule is c1ccc(-c2cc(-c3ccccc3)cc(-n3c4ccccc4c4c5c6ccccc6n(-c6ccc7c8ccccc8n(-c8nc(-c9cccc%10ccccc9%10)nc(-c9cccc%10ccccc9%10)n8)c7c6)c5ccc43)c2)cc1. The molecule has 358 valence electrons. The van der Waals surface area contributed by atoms with Gasteiger partial charge < -0.3 is 9.13 Å². The fourth-order valence-electron chi connectivity index (χ4n) is 12.3. The molecule has 6 nitrogen and oxygen atoms in total. The van der Waals surface area contributed by atoms with Crippen molar-refractivity contribution in [3.05, 3.63) is 267 Å². The van der Waals surface area contributed by atoms with E-state index in [9.17, 15) is 0 Å². The zero-order chi connectivity index (χ0) is 50.6. The number of fused-ring (bicyclic) bond motifs is 12. The second kappa shape index (κ2) is 17.1. The van der Waals surface area contributed by atoms with Crippen LogP contribution >= 0.6 is 0 Å². The zero-order valence-corrected chi connectivity index (χ0v) is 41.6. The van der Waals surface area contributed by atoms with Gasteiger partial charge in [0.15, 0.2) is 11.6 Å². The van der Waals surface area contributed by atoms with Crippen LogP contribution in [0.3, 0.4) is 0 Å². The molecule has 0 radical (unpaired) electrons. The van der Waals surface area contributed by atoms with E-state index < -0.39 is 0 Å². The quantitative estimate of drug-likeness (QED) is 0.160. The number of nitrogens with zero attached hydrogens (tertiary/aromatic N) is 6. The minimum absolute atomic E-state index is 0.553. The molecule has 0 saturated heterocycles. The van der Waals surface area contributed by atoms with Crippen LogP contribution in [0.1, 0.15) is 0 Å². The fourth-order valence-corrected chi connectivity index (χ4v) is 12.3. The van der Waals surface area contributed by atoms with Crippen LogP contribution < -0.4 is 0 Å². The second-order valence-electron chi connectivity index (χ2n) is 19.9. The van der Waals surface area contributed by atoms with Crippen LogP contribution in [0.25, 0.3) is 149 Å². The van der Waals surface area contributed by atoms with E-state index in [4.69, 9.17) is 15.0 Å². The Kier molecular flexibility index (Phi) is 9.53. The molecule has 0 spiro atoms. The van der Waals surface area contributed by atoms with Crippen molar-refractivity contribution >= 4 is 87.0 Å². The molecule has 0 aliphatic heterocycles. The predicted molar refractivity (Wildman–Crippen MR) is 320 cm³/mol. The van der Waals surface area contributed by atoms with Crippen molar-refractivity contribution in [3.63, 3.8) is 0 Å². The summed E-state index contributed by atoms with van der Waals surface area (Å²) in [7, 11) is 0. The molecular weight excluding hydrogens is 937 g/mol. The first-order chi connectivity index (χ1) is 38.2. The smallest absolute Gasteiger partial charge is 0.238 e. The normalized spacial score (nSPS) is 11.9. The van der Waals surface area contributed by atoms with Gasteiger partial charge in [-0.25, -0.2) is 4.98 Å². The van der Waals surface area contributed by atoms with Crippen LogP contribution in [0.15, 0.2) is 267 Å². The predicted octanol–water partition coefficient (Wildman–Crippen LogP) is 18.1. The largest absolute Gasteiger partial charge is 0.309 e. The van der Waals surface area contributed by atoms with Crippen molar-refractivity contribution in [1.82, 2.24) is 28.7 Å². The number of rotatable bonds is 7. The number of hydrogen-bond acceptors (Lipinski definition) is 3. The molecule has 0 aliphatic rings. The molecule has 0 aliphatic carbocycles. The average molecular weight is 981 g/mol. The molecule has 0 amide bonds. The molecule has 77 heavy (non-hydrogen) atoms. The third kappa shape index (κ3) is 6.72. The van der Waals surface area contributed by atoms with Crippen LogP contribution in [0.5, 0.6) is 0 Å². The van der Waals surface area contributed by atoms with Gasteiger partial charge in [0.05, 0.1) is 33.1 Å². The average Bonchev–Trinajstić information content (AvgIpc) is 4.16. The third-order valence-electron chi connectivity index (χ3n) is 15.7. The molecule has 0 N–H and O–H groups in total. The van der Waals surface area contributed by atoms with Crippen molar-refractivity contribution in [2.75, 3.05) is 0 Å². The summed E-state index contributed by atoms with van der Waals surface area (Å²) in [5.74, 6) is 1.79. The summed E-state index contributed by atoms with van der Waals surface area (Å²) < 4.78 is 7.15. The Labute approximate surface area is 442 Å². The van der Waals surface area contributed by atoms with Gasteiger partial charge in [-0.3, -0.25) is 4.57 Å². The minimum atomic E-state index is 0.553. The Morgan fingerprint density at radius 3 is 1.21 bits per heavy atom. The molecule has 0 atom stereocenters. The topological polar surface area (TPSA) is 53.5 Å². The lowest BCUT2D eigenvalue weighted by Crippen LogP contribution is -2.07. The van der Waals surface area contributed by atoms with Gasteiger partial charge in [-0.05, 0) is 104 Å². The van der Waals surface area contributed by atoms with Gasteiger partial charge in [-0.1, -0.05) is 206 Å². The molecule has 0 fully saturated rings. The van der Waals surface area contributed by atoms with Gasteiger partial charge in [0.2, 0.25) is 5.95 Å².